The van der Waals surface area contributed by atoms with Crippen molar-refractivity contribution < 1.29 is 68.4 Å². The third kappa shape index (κ3) is 19.1. The Morgan fingerprint density at radius 3 is 1.44 bits per heavy atom. The highest BCUT2D eigenvalue weighted by atomic mass is 16.4. The number of amides is 7. The Morgan fingerprint density at radius 1 is 0.508 bits per heavy atom. The van der Waals surface area contributed by atoms with Crippen LogP contribution in [0.25, 0.3) is 0 Å². The lowest BCUT2D eigenvalue weighted by molar-refractivity contribution is -0.143. The maximum atomic E-state index is 13.7. The van der Waals surface area contributed by atoms with E-state index in [1.54, 1.807) is 74.5 Å². The van der Waals surface area contributed by atoms with Gasteiger partial charge in [-0.05, 0) is 43.7 Å². The van der Waals surface area contributed by atoms with E-state index < -0.39 is 127 Å². The van der Waals surface area contributed by atoms with Crippen molar-refractivity contribution in [2.45, 2.75) is 122 Å². The van der Waals surface area contributed by atoms with Crippen LogP contribution in [0, 0.1) is 5.92 Å². The van der Waals surface area contributed by atoms with Gasteiger partial charge in [-0.3, -0.25) is 43.2 Å². The molecule has 0 saturated heterocycles. The SMILES string of the molecule is CC(=O)N[C@@H](Cc1ccccc1)C(=O)N[C@H](C(=O)N[C@@H](CC(C)C)C(=O)N[C@@H](CC(=O)O)C(=O)N[C@@H](C)C(=O)N[C@@H](CCC(=O)O)C(=O)N[C@@H](Cc1ccccc1)C(=O)O)[C@H](C)O. The number of aliphatic carboxylic acids is 3. The zero-order valence-corrected chi connectivity index (χ0v) is 35.6. The van der Waals surface area contributed by atoms with E-state index in [9.17, 15) is 68.4 Å². The molecule has 63 heavy (non-hydrogen) atoms. The molecule has 0 aliphatic carbocycles. The first-order valence-corrected chi connectivity index (χ1v) is 20.1. The molecule has 0 aliphatic rings. The summed E-state index contributed by atoms with van der Waals surface area (Å²) in [5.74, 6) is -11.3. The molecule has 0 heterocycles. The van der Waals surface area contributed by atoms with E-state index in [1.165, 1.54) is 13.8 Å². The predicted molar refractivity (Wildman–Crippen MR) is 223 cm³/mol. The fourth-order valence-corrected chi connectivity index (χ4v) is 6.12. The van der Waals surface area contributed by atoms with E-state index in [0.717, 1.165) is 6.92 Å². The quantitative estimate of drug-likeness (QED) is 0.0527. The van der Waals surface area contributed by atoms with Gasteiger partial charge in [0.15, 0.2) is 0 Å². The second-order valence-electron chi connectivity index (χ2n) is 15.3. The molecule has 21 nitrogen and oxygen atoms in total. The van der Waals surface area contributed by atoms with E-state index in [-0.39, 0.29) is 25.2 Å². The van der Waals surface area contributed by atoms with Crippen LogP contribution in [0.4, 0.5) is 0 Å². The molecule has 0 radical (unpaired) electrons. The molecule has 344 valence electrons. The first kappa shape index (κ1) is 52.2. The molecule has 0 bridgehead atoms. The van der Waals surface area contributed by atoms with Crippen LogP contribution in [-0.2, 0) is 60.8 Å². The summed E-state index contributed by atoms with van der Waals surface area (Å²) in [6.45, 7) is 6.94. The first-order valence-electron chi connectivity index (χ1n) is 20.1. The Morgan fingerprint density at radius 2 is 0.968 bits per heavy atom. The summed E-state index contributed by atoms with van der Waals surface area (Å²) in [5, 5.41) is 55.5. The summed E-state index contributed by atoms with van der Waals surface area (Å²) in [5.41, 5.74) is 1.25. The number of hydrogen-bond donors (Lipinski definition) is 11. The predicted octanol–water partition coefficient (Wildman–Crippen LogP) is -1.24. The van der Waals surface area contributed by atoms with Gasteiger partial charge in [0, 0.05) is 26.2 Å². The molecule has 2 aromatic carbocycles. The smallest absolute Gasteiger partial charge is 0.326 e. The van der Waals surface area contributed by atoms with Crippen molar-refractivity contribution in [1.29, 1.82) is 0 Å². The van der Waals surface area contributed by atoms with Crippen molar-refractivity contribution in [2.75, 3.05) is 0 Å². The fourth-order valence-electron chi connectivity index (χ4n) is 6.12. The Bertz CT molecular complexity index is 1930. The van der Waals surface area contributed by atoms with Crippen LogP contribution >= 0.6 is 0 Å². The number of nitrogens with one attached hydrogen (secondary N) is 7. The molecular formula is C42H57N7O14. The number of hydrogen-bond acceptors (Lipinski definition) is 11. The van der Waals surface area contributed by atoms with E-state index in [0.29, 0.717) is 11.1 Å². The van der Waals surface area contributed by atoms with E-state index >= 15 is 0 Å². The van der Waals surface area contributed by atoms with E-state index in [1.807, 2.05) is 0 Å². The van der Waals surface area contributed by atoms with Gasteiger partial charge in [0.25, 0.3) is 0 Å². The number of benzene rings is 2. The van der Waals surface area contributed by atoms with Gasteiger partial charge in [-0.2, -0.15) is 0 Å². The summed E-state index contributed by atoms with van der Waals surface area (Å²) in [6, 6.07) is 6.26. The van der Waals surface area contributed by atoms with Crippen molar-refractivity contribution in [3.05, 3.63) is 71.8 Å². The molecule has 0 aliphatic heterocycles. The van der Waals surface area contributed by atoms with Crippen molar-refractivity contribution >= 4 is 59.3 Å². The highest BCUT2D eigenvalue weighted by Crippen LogP contribution is 2.10. The van der Waals surface area contributed by atoms with Crippen LogP contribution < -0.4 is 37.2 Å². The van der Waals surface area contributed by atoms with Gasteiger partial charge in [-0.15, -0.1) is 0 Å². The third-order valence-electron chi connectivity index (χ3n) is 9.32. The number of carboxylic acid groups (broad SMARTS) is 3. The number of carbonyl (C=O) groups excluding carboxylic acids is 7. The average Bonchev–Trinajstić information content (AvgIpc) is 3.20. The normalized spacial score (nSPS) is 14.7. The zero-order chi connectivity index (χ0) is 47.4. The Balaban J connectivity index is 2.22. The van der Waals surface area contributed by atoms with Gasteiger partial charge in [-0.25, -0.2) is 4.79 Å². The summed E-state index contributed by atoms with van der Waals surface area (Å²) in [4.78, 5) is 128. The van der Waals surface area contributed by atoms with Crippen molar-refractivity contribution in [1.82, 2.24) is 37.2 Å². The number of carboxylic acids is 3. The Hall–Kier alpha value is -6.90. The number of aliphatic hydroxyl groups excluding tert-OH is 1. The van der Waals surface area contributed by atoms with Crippen LogP contribution in [0.1, 0.15) is 71.4 Å². The second-order valence-corrected chi connectivity index (χ2v) is 15.3. The molecule has 7 amide bonds. The molecular weight excluding hydrogens is 826 g/mol. The molecule has 0 spiro atoms. The molecule has 8 atom stereocenters. The summed E-state index contributed by atoms with van der Waals surface area (Å²) in [6.07, 6.45) is -3.80. The Labute approximate surface area is 363 Å². The van der Waals surface area contributed by atoms with Crippen molar-refractivity contribution in [3.63, 3.8) is 0 Å². The fraction of sp³-hybridized carbons (Fsp3) is 0.476. The van der Waals surface area contributed by atoms with Gasteiger partial charge >= 0.3 is 17.9 Å². The minimum atomic E-state index is -1.85. The number of aliphatic hydroxyl groups is 1. The van der Waals surface area contributed by atoms with Crippen molar-refractivity contribution in [2.24, 2.45) is 5.92 Å². The lowest BCUT2D eigenvalue weighted by Crippen LogP contribution is -2.61. The first-order chi connectivity index (χ1) is 29.6. The van der Waals surface area contributed by atoms with Crippen LogP contribution in [0.3, 0.4) is 0 Å². The van der Waals surface area contributed by atoms with Crippen LogP contribution in [0.2, 0.25) is 0 Å². The van der Waals surface area contributed by atoms with Gasteiger partial charge < -0.3 is 57.6 Å². The summed E-state index contributed by atoms with van der Waals surface area (Å²) < 4.78 is 0. The van der Waals surface area contributed by atoms with Crippen LogP contribution in [0.5, 0.6) is 0 Å². The molecule has 0 unspecified atom stereocenters. The van der Waals surface area contributed by atoms with E-state index in [2.05, 4.69) is 37.2 Å². The van der Waals surface area contributed by atoms with Gasteiger partial charge in [-0.1, -0.05) is 74.5 Å². The molecule has 2 aromatic rings. The maximum absolute atomic E-state index is 13.7. The topological polar surface area (TPSA) is 336 Å². The number of carbonyl (C=O) groups is 10. The molecule has 11 N–H and O–H groups in total. The minimum absolute atomic E-state index is 0.0368. The standard InChI is InChI=1S/C42H57N7O14/c1-22(2)18-29(47-41(61)35(24(4)50)49-40(60)30(44-25(5)51)19-26-12-8-6-9-13-26)39(59)46-31(21-34(54)55)38(58)43-23(3)36(56)45-28(16-17-33(52)53)37(57)48-32(42(62)63)20-27-14-10-7-11-15-27/h6-15,22-24,28-32,35,50H,16-21H2,1-5H3,(H,43,58)(H,44,51)(H,45,56)(H,46,59)(H,47,61)(H,48,57)(H,49,60)(H,52,53)(H,54,55)(H,62,63)/t23-,24-,28-,29-,30-,31-,32-,35-/m0/s1. The minimum Gasteiger partial charge on any atom is -0.481 e. The molecule has 2 rings (SSSR count). The van der Waals surface area contributed by atoms with Crippen molar-refractivity contribution in [3.8, 4) is 0 Å². The molecule has 0 saturated carbocycles. The Kier molecular flexibility index (Phi) is 21.4. The van der Waals surface area contributed by atoms with Gasteiger partial charge in [0.05, 0.1) is 12.5 Å². The number of rotatable bonds is 26. The van der Waals surface area contributed by atoms with Crippen LogP contribution in [-0.4, -0.2) is 128 Å². The molecule has 0 aromatic heterocycles. The average molecular weight is 884 g/mol. The molecule has 21 heteroatoms. The summed E-state index contributed by atoms with van der Waals surface area (Å²) in [7, 11) is 0. The summed E-state index contributed by atoms with van der Waals surface area (Å²) >= 11 is 0. The van der Waals surface area contributed by atoms with Gasteiger partial charge in [0.2, 0.25) is 41.4 Å². The van der Waals surface area contributed by atoms with E-state index in [4.69, 9.17) is 0 Å². The maximum Gasteiger partial charge on any atom is 0.326 e. The largest absolute Gasteiger partial charge is 0.481 e. The zero-order valence-electron chi connectivity index (χ0n) is 35.6. The monoisotopic (exact) mass is 883 g/mol. The molecule has 0 fully saturated rings. The van der Waals surface area contributed by atoms with Crippen LogP contribution in [0.15, 0.2) is 60.7 Å². The lowest BCUT2D eigenvalue weighted by atomic mass is 10.0. The highest BCUT2D eigenvalue weighted by molar-refractivity contribution is 5.98. The third-order valence-corrected chi connectivity index (χ3v) is 9.32. The van der Waals surface area contributed by atoms with Gasteiger partial charge in [0.1, 0.15) is 42.3 Å². The highest BCUT2D eigenvalue weighted by Gasteiger charge is 2.35. The second kappa shape index (κ2) is 25.8. The lowest BCUT2D eigenvalue weighted by Gasteiger charge is -2.28.